The van der Waals surface area contributed by atoms with Gasteiger partial charge < -0.3 is 10.5 Å². The molecule has 0 aliphatic rings. The molecule has 0 spiro atoms. The van der Waals surface area contributed by atoms with Gasteiger partial charge in [-0.25, -0.2) is 13.1 Å². The molecule has 0 aliphatic carbocycles. The van der Waals surface area contributed by atoms with Crippen molar-refractivity contribution in [1.29, 1.82) is 0 Å². The van der Waals surface area contributed by atoms with Crippen LogP contribution in [0.1, 0.15) is 5.56 Å². The summed E-state index contributed by atoms with van der Waals surface area (Å²) in [6.45, 7) is 0.304. The van der Waals surface area contributed by atoms with Crippen molar-refractivity contribution < 1.29 is 13.2 Å². The summed E-state index contributed by atoms with van der Waals surface area (Å²) in [5.41, 5.74) is 7.04. The van der Waals surface area contributed by atoms with Gasteiger partial charge in [-0.1, -0.05) is 6.07 Å². The largest absolute Gasteiger partial charge is 0.492 e. The SMILES string of the molecule is Nc1cccc(OCCS(=O)(=O)NCc2ccncc2)c1. The summed E-state index contributed by atoms with van der Waals surface area (Å²) in [5, 5.41) is 0. The van der Waals surface area contributed by atoms with Crippen molar-refractivity contribution in [3.8, 4) is 5.75 Å². The van der Waals surface area contributed by atoms with Gasteiger partial charge in [-0.15, -0.1) is 0 Å². The van der Waals surface area contributed by atoms with E-state index in [1.165, 1.54) is 0 Å². The molecule has 2 aromatic rings. The minimum atomic E-state index is -3.39. The van der Waals surface area contributed by atoms with Crippen molar-refractivity contribution in [2.75, 3.05) is 18.1 Å². The Kier molecular flexibility index (Phi) is 5.13. The maximum atomic E-state index is 11.8. The van der Waals surface area contributed by atoms with Crippen molar-refractivity contribution in [1.82, 2.24) is 9.71 Å². The topological polar surface area (TPSA) is 94.3 Å². The molecular formula is C14H17N3O3S. The Morgan fingerprint density at radius 3 is 2.67 bits per heavy atom. The lowest BCUT2D eigenvalue weighted by atomic mass is 10.3. The molecular weight excluding hydrogens is 290 g/mol. The molecule has 0 amide bonds. The molecule has 0 fully saturated rings. The van der Waals surface area contributed by atoms with Gasteiger partial charge in [0.1, 0.15) is 12.4 Å². The number of nitrogens with two attached hydrogens (primary N) is 1. The molecule has 2 rings (SSSR count). The molecule has 6 nitrogen and oxygen atoms in total. The summed E-state index contributed by atoms with van der Waals surface area (Å²) in [6.07, 6.45) is 3.24. The molecule has 0 unspecified atom stereocenters. The summed E-state index contributed by atoms with van der Waals surface area (Å²) < 4.78 is 31.5. The second-order valence-electron chi connectivity index (χ2n) is 4.42. The zero-order chi connectivity index (χ0) is 15.1. The number of nitrogens with zero attached hydrogens (tertiary/aromatic N) is 1. The average molecular weight is 307 g/mol. The molecule has 0 saturated carbocycles. The Morgan fingerprint density at radius 2 is 1.95 bits per heavy atom. The maximum Gasteiger partial charge on any atom is 0.215 e. The molecule has 1 aromatic carbocycles. The van der Waals surface area contributed by atoms with Crippen molar-refractivity contribution in [3.05, 3.63) is 54.4 Å². The van der Waals surface area contributed by atoms with E-state index in [-0.39, 0.29) is 18.9 Å². The van der Waals surface area contributed by atoms with E-state index in [4.69, 9.17) is 10.5 Å². The van der Waals surface area contributed by atoms with Crippen LogP contribution in [0.5, 0.6) is 5.75 Å². The first-order valence-corrected chi connectivity index (χ1v) is 8.05. The Labute approximate surface area is 124 Å². The summed E-state index contributed by atoms with van der Waals surface area (Å²) >= 11 is 0. The number of nitrogens with one attached hydrogen (secondary N) is 1. The molecule has 112 valence electrons. The molecule has 21 heavy (non-hydrogen) atoms. The lowest BCUT2D eigenvalue weighted by Crippen LogP contribution is -2.28. The maximum absolute atomic E-state index is 11.8. The summed E-state index contributed by atoms with van der Waals surface area (Å²) in [4.78, 5) is 3.87. The minimum Gasteiger partial charge on any atom is -0.492 e. The molecule has 0 bridgehead atoms. The van der Waals surface area contributed by atoms with Crippen LogP contribution in [0.3, 0.4) is 0 Å². The van der Waals surface area contributed by atoms with E-state index in [1.807, 2.05) is 0 Å². The van der Waals surface area contributed by atoms with Crippen LogP contribution in [0.25, 0.3) is 0 Å². The number of ether oxygens (including phenoxy) is 1. The molecule has 0 radical (unpaired) electrons. The number of sulfonamides is 1. The first-order chi connectivity index (χ1) is 10.1. The average Bonchev–Trinajstić information content (AvgIpc) is 2.46. The summed E-state index contributed by atoms with van der Waals surface area (Å²) in [5.74, 6) is 0.437. The molecule has 7 heteroatoms. The van der Waals surface area contributed by atoms with E-state index >= 15 is 0 Å². The van der Waals surface area contributed by atoms with Crippen LogP contribution < -0.4 is 15.2 Å². The first-order valence-electron chi connectivity index (χ1n) is 6.40. The number of hydrogen-bond donors (Lipinski definition) is 2. The third-order valence-corrected chi connectivity index (χ3v) is 4.01. The smallest absolute Gasteiger partial charge is 0.215 e. The van der Waals surface area contributed by atoms with E-state index in [0.29, 0.717) is 11.4 Å². The third-order valence-electron chi connectivity index (χ3n) is 2.72. The van der Waals surface area contributed by atoms with Crippen LogP contribution >= 0.6 is 0 Å². The predicted octanol–water partition coefficient (Wildman–Crippen LogP) is 1.16. The van der Waals surface area contributed by atoms with Gasteiger partial charge in [0.25, 0.3) is 0 Å². The minimum absolute atomic E-state index is 0.0646. The Morgan fingerprint density at radius 1 is 1.19 bits per heavy atom. The lowest BCUT2D eigenvalue weighted by Gasteiger charge is -2.09. The number of benzene rings is 1. The predicted molar refractivity (Wildman–Crippen MR) is 81.2 cm³/mol. The molecule has 1 aromatic heterocycles. The Hall–Kier alpha value is -2.12. The Balaban J connectivity index is 1.79. The highest BCUT2D eigenvalue weighted by atomic mass is 32.2. The monoisotopic (exact) mass is 307 g/mol. The van der Waals surface area contributed by atoms with Crippen LogP contribution in [0.15, 0.2) is 48.8 Å². The van der Waals surface area contributed by atoms with Gasteiger partial charge in [0.15, 0.2) is 0 Å². The van der Waals surface area contributed by atoms with Gasteiger partial charge in [-0.3, -0.25) is 4.98 Å². The normalized spacial score (nSPS) is 11.2. The van der Waals surface area contributed by atoms with Gasteiger partial charge >= 0.3 is 0 Å². The summed E-state index contributed by atoms with van der Waals surface area (Å²) in [6, 6.07) is 10.4. The van der Waals surface area contributed by atoms with Gasteiger partial charge in [0.2, 0.25) is 10.0 Å². The molecule has 1 heterocycles. The second-order valence-corrected chi connectivity index (χ2v) is 6.34. The molecule has 0 atom stereocenters. The fraction of sp³-hybridized carbons (Fsp3) is 0.214. The molecule has 0 saturated heterocycles. The number of aromatic nitrogens is 1. The number of rotatable bonds is 7. The van der Waals surface area contributed by atoms with E-state index in [9.17, 15) is 8.42 Å². The van der Waals surface area contributed by atoms with Crippen molar-refractivity contribution in [2.24, 2.45) is 0 Å². The van der Waals surface area contributed by atoms with E-state index in [0.717, 1.165) is 5.56 Å². The first kappa shape index (κ1) is 15.3. The Bertz CT molecular complexity index is 675. The highest BCUT2D eigenvalue weighted by molar-refractivity contribution is 7.89. The highest BCUT2D eigenvalue weighted by Crippen LogP contribution is 2.14. The standard InChI is InChI=1S/C14H17N3O3S/c15-13-2-1-3-14(10-13)20-8-9-21(18,19)17-11-12-4-6-16-7-5-12/h1-7,10,17H,8-9,11,15H2. The lowest BCUT2D eigenvalue weighted by molar-refractivity contribution is 0.340. The van der Waals surface area contributed by atoms with Crippen LogP contribution in [-0.2, 0) is 16.6 Å². The second kappa shape index (κ2) is 7.05. The molecule has 0 aliphatic heterocycles. The van der Waals surface area contributed by atoms with Crippen LogP contribution in [0, 0.1) is 0 Å². The van der Waals surface area contributed by atoms with E-state index in [2.05, 4.69) is 9.71 Å². The van der Waals surface area contributed by atoms with Gasteiger partial charge in [0, 0.05) is 30.7 Å². The van der Waals surface area contributed by atoms with Crippen molar-refractivity contribution >= 4 is 15.7 Å². The van der Waals surface area contributed by atoms with Crippen LogP contribution in [0.2, 0.25) is 0 Å². The zero-order valence-electron chi connectivity index (χ0n) is 11.4. The number of pyridine rings is 1. The third kappa shape index (κ3) is 5.41. The quantitative estimate of drug-likeness (QED) is 0.749. The number of anilines is 1. The van der Waals surface area contributed by atoms with Crippen LogP contribution in [0.4, 0.5) is 5.69 Å². The van der Waals surface area contributed by atoms with Crippen LogP contribution in [-0.4, -0.2) is 25.8 Å². The van der Waals surface area contributed by atoms with Crippen molar-refractivity contribution in [3.63, 3.8) is 0 Å². The fourth-order valence-corrected chi connectivity index (χ4v) is 2.47. The summed E-state index contributed by atoms with van der Waals surface area (Å²) in [7, 11) is -3.39. The zero-order valence-corrected chi connectivity index (χ0v) is 12.2. The fourth-order valence-electron chi connectivity index (χ4n) is 1.64. The highest BCUT2D eigenvalue weighted by Gasteiger charge is 2.10. The van der Waals surface area contributed by atoms with Crippen molar-refractivity contribution in [2.45, 2.75) is 6.54 Å². The number of hydrogen-bond acceptors (Lipinski definition) is 5. The number of nitrogen functional groups attached to an aromatic ring is 1. The van der Waals surface area contributed by atoms with Gasteiger partial charge in [-0.2, -0.15) is 0 Å². The molecule has 3 N–H and O–H groups in total. The van der Waals surface area contributed by atoms with Gasteiger partial charge in [-0.05, 0) is 29.8 Å². The van der Waals surface area contributed by atoms with Gasteiger partial charge in [0.05, 0.1) is 5.75 Å². The van der Waals surface area contributed by atoms with E-state index in [1.54, 1.807) is 48.8 Å². The van der Waals surface area contributed by atoms with E-state index < -0.39 is 10.0 Å².